The van der Waals surface area contributed by atoms with Crippen molar-refractivity contribution in [2.24, 2.45) is 0 Å². The molecule has 0 aliphatic carbocycles. The molecule has 0 fully saturated rings. The van der Waals surface area contributed by atoms with Gasteiger partial charge in [0.2, 0.25) is 0 Å². The van der Waals surface area contributed by atoms with E-state index in [4.69, 9.17) is 14.2 Å². The number of hydrogen-bond acceptors (Lipinski definition) is 8. The highest BCUT2D eigenvalue weighted by atomic mass is 16.6. The van der Waals surface area contributed by atoms with Crippen LogP contribution in [0.2, 0.25) is 0 Å². The van der Waals surface area contributed by atoms with Crippen LogP contribution in [0.25, 0.3) is 5.69 Å². The second-order valence-corrected chi connectivity index (χ2v) is 8.36. The lowest BCUT2D eigenvalue weighted by atomic mass is 10.1. The first-order valence-corrected chi connectivity index (χ1v) is 10.6. The van der Waals surface area contributed by atoms with Gasteiger partial charge in [0.1, 0.15) is 36.6 Å². The summed E-state index contributed by atoms with van der Waals surface area (Å²) in [5, 5.41) is 19.2. The smallest absolute Gasteiger partial charge is 0.415 e. The topological polar surface area (TPSA) is 119 Å². The van der Waals surface area contributed by atoms with Gasteiger partial charge in [-0.1, -0.05) is 22.9 Å². The zero-order valence-corrected chi connectivity index (χ0v) is 18.6. The molecule has 0 amide bonds. The summed E-state index contributed by atoms with van der Waals surface area (Å²) < 4.78 is 20.7. The Labute approximate surface area is 194 Å². The van der Waals surface area contributed by atoms with Crippen molar-refractivity contribution in [2.75, 3.05) is 6.61 Å². The molecule has 0 saturated carbocycles. The van der Waals surface area contributed by atoms with Gasteiger partial charge >= 0.3 is 11.8 Å². The second-order valence-electron chi connectivity index (χ2n) is 8.36. The van der Waals surface area contributed by atoms with Gasteiger partial charge in [0.15, 0.2) is 5.60 Å². The fourth-order valence-corrected chi connectivity index (χ4v) is 3.57. The number of imidazole rings is 1. The highest BCUT2D eigenvalue weighted by Gasteiger charge is 2.41. The number of benzene rings is 2. The SMILES string of the molecule is Cc1ccc(OCc2cn(-c3ccc(OC[C@@]4(C)Cn5cc([N+](=O)[O-])nc5O4)cc3)nn2)cc1. The van der Waals surface area contributed by atoms with E-state index < -0.39 is 10.5 Å². The summed E-state index contributed by atoms with van der Waals surface area (Å²) in [6.45, 7) is 4.89. The summed E-state index contributed by atoms with van der Waals surface area (Å²) in [5.74, 6) is 1.21. The Balaban J connectivity index is 1.15. The van der Waals surface area contributed by atoms with Gasteiger partial charge in [0.05, 0.1) is 18.4 Å². The molecule has 3 heterocycles. The van der Waals surface area contributed by atoms with E-state index in [1.54, 1.807) is 9.25 Å². The molecular formula is C23H22N6O5. The predicted molar refractivity (Wildman–Crippen MR) is 120 cm³/mol. The molecule has 0 spiro atoms. The summed E-state index contributed by atoms with van der Waals surface area (Å²) in [6, 6.07) is 15.5. The maximum atomic E-state index is 10.8. The Kier molecular flexibility index (Phi) is 5.36. The zero-order chi connectivity index (χ0) is 23.7. The van der Waals surface area contributed by atoms with Crippen molar-refractivity contribution in [1.29, 1.82) is 0 Å². The summed E-state index contributed by atoms with van der Waals surface area (Å²) in [4.78, 5) is 14.2. The first-order chi connectivity index (χ1) is 16.4. The number of nitro groups is 1. The molecule has 0 saturated heterocycles. The van der Waals surface area contributed by atoms with Crippen molar-refractivity contribution < 1.29 is 19.1 Å². The van der Waals surface area contributed by atoms with Gasteiger partial charge in [-0.05, 0) is 55.2 Å². The average Bonchev–Trinajstić information content (AvgIpc) is 3.52. The van der Waals surface area contributed by atoms with Crippen LogP contribution in [0.1, 0.15) is 18.2 Å². The highest BCUT2D eigenvalue weighted by Crippen LogP contribution is 2.31. The maximum Gasteiger partial charge on any atom is 0.415 e. The molecule has 2 aromatic heterocycles. The molecule has 0 radical (unpaired) electrons. The molecule has 4 aromatic rings. The van der Waals surface area contributed by atoms with Crippen LogP contribution in [-0.2, 0) is 13.2 Å². The van der Waals surface area contributed by atoms with Crippen LogP contribution in [0, 0.1) is 17.0 Å². The molecule has 1 aliphatic rings. The number of aromatic nitrogens is 5. The molecule has 1 atom stereocenters. The number of fused-ring (bicyclic) bond motifs is 1. The summed E-state index contributed by atoms with van der Waals surface area (Å²) in [6.07, 6.45) is 3.19. The molecule has 11 heteroatoms. The Morgan fingerprint density at radius 2 is 1.79 bits per heavy atom. The van der Waals surface area contributed by atoms with E-state index in [0.29, 0.717) is 24.6 Å². The molecule has 5 rings (SSSR count). The molecule has 2 aromatic carbocycles. The number of aryl methyl sites for hydroxylation is 1. The molecule has 0 N–H and O–H groups in total. The van der Waals surface area contributed by atoms with E-state index in [2.05, 4.69) is 15.3 Å². The normalized spacial score (nSPS) is 16.6. The van der Waals surface area contributed by atoms with Crippen molar-refractivity contribution in [2.45, 2.75) is 32.6 Å². The van der Waals surface area contributed by atoms with Crippen LogP contribution >= 0.6 is 0 Å². The Hall–Kier alpha value is -4.41. The fourth-order valence-electron chi connectivity index (χ4n) is 3.57. The summed E-state index contributed by atoms with van der Waals surface area (Å²) >= 11 is 0. The van der Waals surface area contributed by atoms with Crippen LogP contribution in [0.5, 0.6) is 17.5 Å². The zero-order valence-electron chi connectivity index (χ0n) is 18.6. The number of ether oxygens (including phenoxy) is 3. The van der Waals surface area contributed by atoms with Crippen molar-refractivity contribution in [3.05, 3.63) is 82.3 Å². The fraction of sp³-hybridized carbons (Fsp3) is 0.261. The lowest BCUT2D eigenvalue weighted by molar-refractivity contribution is -0.389. The van der Waals surface area contributed by atoms with E-state index in [9.17, 15) is 10.1 Å². The first-order valence-electron chi connectivity index (χ1n) is 10.6. The van der Waals surface area contributed by atoms with Crippen molar-refractivity contribution >= 4 is 5.82 Å². The number of rotatable bonds is 8. The second kappa shape index (κ2) is 8.50. The third kappa shape index (κ3) is 4.53. The van der Waals surface area contributed by atoms with Crippen molar-refractivity contribution in [3.8, 4) is 23.2 Å². The van der Waals surface area contributed by atoms with Crippen molar-refractivity contribution in [1.82, 2.24) is 24.5 Å². The first kappa shape index (κ1) is 21.4. The maximum absolute atomic E-state index is 10.8. The Bertz CT molecular complexity index is 1290. The predicted octanol–water partition coefficient (Wildman–Crippen LogP) is 3.49. The van der Waals surface area contributed by atoms with Gasteiger partial charge in [-0.3, -0.25) is 4.57 Å². The molecule has 1 aliphatic heterocycles. The van der Waals surface area contributed by atoms with E-state index in [1.165, 1.54) is 11.8 Å². The van der Waals surface area contributed by atoms with Gasteiger partial charge in [-0.25, -0.2) is 4.68 Å². The molecule has 11 nitrogen and oxygen atoms in total. The summed E-state index contributed by atoms with van der Waals surface area (Å²) in [5.41, 5.74) is 2.05. The van der Waals surface area contributed by atoms with Gasteiger partial charge in [0, 0.05) is 4.98 Å². The minimum Gasteiger partial charge on any atom is -0.489 e. The molecular weight excluding hydrogens is 440 g/mol. The third-order valence-corrected chi connectivity index (χ3v) is 5.35. The van der Waals surface area contributed by atoms with E-state index in [0.717, 1.165) is 11.4 Å². The Morgan fingerprint density at radius 3 is 2.50 bits per heavy atom. The summed E-state index contributed by atoms with van der Waals surface area (Å²) in [7, 11) is 0. The van der Waals surface area contributed by atoms with Crippen LogP contribution in [0.4, 0.5) is 5.82 Å². The molecule has 34 heavy (non-hydrogen) atoms. The van der Waals surface area contributed by atoms with Crippen molar-refractivity contribution in [3.63, 3.8) is 0 Å². The van der Waals surface area contributed by atoms with E-state index in [-0.39, 0.29) is 18.4 Å². The largest absolute Gasteiger partial charge is 0.489 e. The lowest BCUT2D eigenvalue weighted by Gasteiger charge is -2.22. The van der Waals surface area contributed by atoms with Gasteiger partial charge in [0.25, 0.3) is 0 Å². The average molecular weight is 462 g/mol. The van der Waals surface area contributed by atoms with Crippen LogP contribution in [0.3, 0.4) is 0 Å². The standard InChI is InChI=1S/C23H22N6O5/c1-16-3-7-19(8-4-16)32-13-17-11-28(26-25-17)18-5-9-20(10-6-18)33-15-23(2)14-27-12-21(29(30)31)24-22(27)34-23/h3-12H,13-15H2,1-2H3/t23-/m1/s1. The molecule has 0 unspecified atom stereocenters. The Morgan fingerprint density at radius 1 is 1.09 bits per heavy atom. The molecule has 174 valence electrons. The quantitative estimate of drug-likeness (QED) is 0.288. The lowest BCUT2D eigenvalue weighted by Crippen LogP contribution is -2.38. The number of hydrogen-bond donors (Lipinski definition) is 0. The molecule has 0 bridgehead atoms. The minimum absolute atomic E-state index is 0.224. The van der Waals surface area contributed by atoms with E-state index >= 15 is 0 Å². The van der Waals surface area contributed by atoms with E-state index in [1.807, 2.05) is 68.6 Å². The van der Waals surface area contributed by atoms with Crippen LogP contribution < -0.4 is 14.2 Å². The van der Waals surface area contributed by atoms with Crippen LogP contribution in [-0.4, -0.2) is 41.7 Å². The monoisotopic (exact) mass is 462 g/mol. The third-order valence-electron chi connectivity index (χ3n) is 5.35. The minimum atomic E-state index is -0.672. The van der Waals surface area contributed by atoms with Gasteiger partial charge < -0.3 is 24.3 Å². The highest BCUT2D eigenvalue weighted by molar-refractivity contribution is 5.37. The van der Waals surface area contributed by atoms with Gasteiger partial charge in [-0.15, -0.1) is 5.10 Å². The van der Waals surface area contributed by atoms with Gasteiger partial charge in [-0.2, -0.15) is 0 Å². The number of nitrogens with zero attached hydrogens (tertiary/aromatic N) is 6. The van der Waals surface area contributed by atoms with Crippen LogP contribution in [0.15, 0.2) is 60.9 Å².